The van der Waals surface area contributed by atoms with Gasteiger partial charge in [-0.05, 0) is 40.5 Å². The molecule has 3 rings (SSSR count). The van der Waals surface area contributed by atoms with Crippen LogP contribution in [0.2, 0.25) is 0 Å². The van der Waals surface area contributed by atoms with Crippen LogP contribution in [0.3, 0.4) is 0 Å². The average molecular weight is 480 g/mol. The van der Waals surface area contributed by atoms with E-state index in [4.69, 9.17) is 9.47 Å². The van der Waals surface area contributed by atoms with Gasteiger partial charge >= 0.3 is 5.97 Å². The first-order valence-corrected chi connectivity index (χ1v) is 10.2. The number of thiophene rings is 1. The summed E-state index contributed by atoms with van der Waals surface area (Å²) >= 11 is 4.45. The number of nitrogens with zero attached hydrogens (tertiary/aromatic N) is 2. The van der Waals surface area contributed by atoms with E-state index >= 15 is 0 Å². The minimum Gasteiger partial charge on any atom is -0.459 e. The summed E-state index contributed by atoms with van der Waals surface area (Å²) in [6.45, 7) is 1.87. The second-order valence-corrected chi connectivity index (χ2v) is 7.92. The van der Waals surface area contributed by atoms with E-state index in [9.17, 15) is 14.4 Å². The third-order valence-electron chi connectivity index (χ3n) is 4.09. The third-order valence-corrected chi connectivity index (χ3v) is 5.96. The first-order chi connectivity index (χ1) is 13.9. The maximum Gasteiger partial charge on any atom is 0.348 e. The number of carbonyl (C=O) groups excluding carboxylic acids is 2. The van der Waals surface area contributed by atoms with Crippen molar-refractivity contribution in [1.29, 1.82) is 0 Å². The van der Waals surface area contributed by atoms with Crippen LogP contribution in [0.1, 0.15) is 15.2 Å². The molecule has 29 heavy (non-hydrogen) atoms. The van der Waals surface area contributed by atoms with Gasteiger partial charge in [0, 0.05) is 11.6 Å². The van der Waals surface area contributed by atoms with Crippen LogP contribution in [0.5, 0.6) is 0 Å². The van der Waals surface area contributed by atoms with Crippen LogP contribution in [0.4, 0.5) is 5.69 Å². The van der Waals surface area contributed by atoms with Gasteiger partial charge in [0.15, 0.2) is 0 Å². The van der Waals surface area contributed by atoms with Gasteiger partial charge in [-0.3, -0.25) is 14.2 Å². The molecule has 0 spiro atoms. The molecule has 1 aromatic carbocycles. The van der Waals surface area contributed by atoms with E-state index < -0.39 is 5.97 Å². The highest BCUT2D eigenvalue weighted by molar-refractivity contribution is 9.10. The number of esters is 1. The fourth-order valence-corrected chi connectivity index (χ4v) is 4.07. The molecule has 0 radical (unpaired) electrons. The van der Waals surface area contributed by atoms with Crippen molar-refractivity contribution >= 4 is 55.0 Å². The number of hydrogen-bond acceptors (Lipinski definition) is 7. The zero-order chi connectivity index (χ0) is 21.0. The standard InChI is InChI=1S/C19H18BrN3O5S/c1-11-15-17(29-16(11)19(26)28-8-7-27-2)21-10-23(18(15)25)9-14(24)22-13-6-4-3-5-12(13)20/h3-6,10H,7-9H2,1-2H3,(H,22,24). The number of anilines is 1. The van der Waals surface area contributed by atoms with Crippen molar-refractivity contribution in [2.75, 3.05) is 25.6 Å². The van der Waals surface area contributed by atoms with Crippen molar-refractivity contribution in [2.45, 2.75) is 13.5 Å². The summed E-state index contributed by atoms with van der Waals surface area (Å²) in [5.74, 6) is -0.896. The van der Waals surface area contributed by atoms with Crippen LogP contribution in [-0.4, -0.2) is 41.8 Å². The van der Waals surface area contributed by atoms with Crippen molar-refractivity contribution < 1.29 is 19.1 Å². The van der Waals surface area contributed by atoms with E-state index in [2.05, 4.69) is 26.2 Å². The van der Waals surface area contributed by atoms with Crippen LogP contribution in [0, 0.1) is 6.92 Å². The molecule has 0 bridgehead atoms. The molecule has 2 aromatic heterocycles. The number of rotatable bonds is 7. The number of aromatic nitrogens is 2. The summed E-state index contributed by atoms with van der Waals surface area (Å²) < 4.78 is 11.9. The number of nitrogens with one attached hydrogen (secondary N) is 1. The minimum absolute atomic E-state index is 0.121. The number of amides is 1. The normalized spacial score (nSPS) is 10.9. The lowest BCUT2D eigenvalue weighted by Gasteiger charge is -2.08. The molecule has 0 aliphatic rings. The molecule has 10 heteroatoms. The van der Waals surface area contributed by atoms with Crippen LogP contribution < -0.4 is 10.9 Å². The fraction of sp³-hybridized carbons (Fsp3) is 0.263. The molecule has 8 nitrogen and oxygen atoms in total. The highest BCUT2D eigenvalue weighted by Gasteiger charge is 2.21. The van der Waals surface area contributed by atoms with Crippen molar-refractivity contribution in [3.63, 3.8) is 0 Å². The maximum atomic E-state index is 12.9. The van der Waals surface area contributed by atoms with Gasteiger partial charge in [0.25, 0.3) is 5.56 Å². The lowest BCUT2D eigenvalue weighted by Crippen LogP contribution is -2.28. The number of methoxy groups -OCH3 is 1. The van der Waals surface area contributed by atoms with Crippen LogP contribution in [-0.2, 0) is 20.8 Å². The summed E-state index contributed by atoms with van der Waals surface area (Å²) in [7, 11) is 1.51. The minimum atomic E-state index is -0.528. The van der Waals surface area contributed by atoms with E-state index in [1.54, 1.807) is 25.1 Å². The van der Waals surface area contributed by atoms with Crippen LogP contribution >= 0.6 is 27.3 Å². The van der Waals surface area contributed by atoms with Crippen LogP contribution in [0.15, 0.2) is 39.9 Å². The number of halogens is 1. The fourth-order valence-electron chi connectivity index (χ4n) is 2.66. The molecule has 0 fully saturated rings. The second-order valence-electron chi connectivity index (χ2n) is 6.07. The van der Waals surface area contributed by atoms with Crippen molar-refractivity contribution in [3.05, 3.63) is 55.9 Å². The van der Waals surface area contributed by atoms with Gasteiger partial charge in [-0.15, -0.1) is 11.3 Å². The molecule has 3 aromatic rings. The Morgan fingerprint density at radius 1 is 1.28 bits per heavy atom. The van der Waals surface area contributed by atoms with Crippen molar-refractivity contribution in [2.24, 2.45) is 0 Å². The van der Waals surface area contributed by atoms with Gasteiger partial charge < -0.3 is 14.8 Å². The number of fused-ring (bicyclic) bond motifs is 1. The highest BCUT2D eigenvalue weighted by Crippen LogP contribution is 2.27. The van der Waals surface area contributed by atoms with E-state index in [1.165, 1.54) is 18.0 Å². The summed E-state index contributed by atoms with van der Waals surface area (Å²) in [6, 6.07) is 7.18. The Bertz CT molecular complexity index is 1120. The SMILES string of the molecule is COCCOC(=O)c1sc2ncn(CC(=O)Nc3ccccc3Br)c(=O)c2c1C. The van der Waals surface area contributed by atoms with E-state index in [0.717, 1.165) is 15.8 Å². The molecule has 2 heterocycles. The first-order valence-electron chi connectivity index (χ1n) is 8.61. The molecule has 0 aliphatic carbocycles. The Morgan fingerprint density at radius 3 is 2.76 bits per heavy atom. The molecule has 152 valence electrons. The Morgan fingerprint density at radius 2 is 2.03 bits per heavy atom. The van der Waals surface area contributed by atoms with E-state index in [0.29, 0.717) is 26.3 Å². The van der Waals surface area contributed by atoms with Gasteiger partial charge in [-0.2, -0.15) is 0 Å². The molecule has 0 saturated carbocycles. The van der Waals surface area contributed by atoms with Gasteiger partial charge in [0.1, 0.15) is 22.9 Å². The predicted octanol–water partition coefficient (Wildman–Crippen LogP) is 2.97. The number of hydrogen-bond donors (Lipinski definition) is 1. The Kier molecular flexibility index (Phi) is 6.78. The lowest BCUT2D eigenvalue weighted by molar-refractivity contribution is -0.116. The van der Waals surface area contributed by atoms with Crippen molar-refractivity contribution in [1.82, 2.24) is 9.55 Å². The monoisotopic (exact) mass is 479 g/mol. The molecule has 1 N–H and O–H groups in total. The second kappa shape index (κ2) is 9.29. The zero-order valence-corrected chi connectivity index (χ0v) is 18.1. The molecule has 0 saturated heterocycles. The molecular weight excluding hydrogens is 462 g/mol. The summed E-state index contributed by atoms with van der Waals surface area (Å²) in [5.41, 5.74) is 0.708. The number of aryl methyl sites for hydroxylation is 1. The van der Waals surface area contributed by atoms with Gasteiger partial charge in [-0.1, -0.05) is 12.1 Å². The molecule has 0 unspecified atom stereocenters. The number of para-hydroxylation sites is 1. The average Bonchev–Trinajstić information content (AvgIpc) is 3.03. The van der Waals surface area contributed by atoms with E-state index in [1.807, 2.05) is 6.07 Å². The van der Waals surface area contributed by atoms with Gasteiger partial charge in [-0.25, -0.2) is 9.78 Å². The molecule has 1 amide bonds. The molecule has 0 aliphatic heterocycles. The largest absolute Gasteiger partial charge is 0.459 e. The number of benzene rings is 1. The van der Waals surface area contributed by atoms with Crippen LogP contribution in [0.25, 0.3) is 10.2 Å². The Labute approximate surface area is 178 Å². The highest BCUT2D eigenvalue weighted by atomic mass is 79.9. The van der Waals surface area contributed by atoms with E-state index in [-0.39, 0.29) is 31.2 Å². The maximum absolute atomic E-state index is 12.9. The first kappa shape index (κ1) is 21.2. The summed E-state index contributed by atoms with van der Waals surface area (Å²) in [5, 5.41) is 3.05. The van der Waals surface area contributed by atoms with Gasteiger partial charge in [0.05, 0.1) is 24.0 Å². The van der Waals surface area contributed by atoms with Crippen molar-refractivity contribution in [3.8, 4) is 0 Å². The summed E-state index contributed by atoms with van der Waals surface area (Å²) in [6.07, 6.45) is 1.31. The smallest absolute Gasteiger partial charge is 0.348 e. The lowest BCUT2D eigenvalue weighted by atomic mass is 10.2. The molecular formula is C19H18BrN3O5S. The Hall–Kier alpha value is -2.56. The third kappa shape index (κ3) is 4.72. The zero-order valence-electron chi connectivity index (χ0n) is 15.7. The topological polar surface area (TPSA) is 99.5 Å². The quantitative estimate of drug-likeness (QED) is 0.413. The van der Waals surface area contributed by atoms with Gasteiger partial charge in [0.2, 0.25) is 5.91 Å². The number of ether oxygens (including phenoxy) is 2. The number of carbonyl (C=O) groups is 2. The Balaban J connectivity index is 1.83. The summed E-state index contributed by atoms with van der Waals surface area (Å²) in [4.78, 5) is 42.5. The molecule has 0 atom stereocenters. The predicted molar refractivity (Wildman–Crippen MR) is 114 cm³/mol.